The zero-order valence-electron chi connectivity index (χ0n) is 8.89. The highest BCUT2D eigenvalue weighted by molar-refractivity contribution is 9.10. The zero-order valence-corrected chi connectivity index (χ0v) is 10.5. The van der Waals surface area contributed by atoms with Crippen molar-refractivity contribution in [3.8, 4) is 0 Å². The number of halogens is 1. The Labute approximate surface area is 106 Å². The van der Waals surface area contributed by atoms with E-state index in [9.17, 15) is 0 Å². The highest BCUT2D eigenvalue weighted by Gasteiger charge is 2.03. The maximum absolute atomic E-state index is 5.51. The summed E-state index contributed by atoms with van der Waals surface area (Å²) in [6.07, 6.45) is 1.76. The van der Waals surface area contributed by atoms with E-state index in [-0.39, 0.29) is 0 Å². The van der Waals surface area contributed by atoms with Crippen molar-refractivity contribution in [1.82, 2.24) is 15.0 Å². The average molecular weight is 289 g/mol. The summed E-state index contributed by atoms with van der Waals surface area (Å²) in [7, 11) is 0. The number of benzene rings is 1. The summed E-state index contributed by atoms with van der Waals surface area (Å²) in [6, 6.07) is 7.98. The number of aromatic nitrogens is 3. The third-order valence-electron chi connectivity index (χ3n) is 2.56. The van der Waals surface area contributed by atoms with Gasteiger partial charge >= 0.3 is 0 Å². The predicted molar refractivity (Wildman–Crippen MR) is 70.4 cm³/mol. The van der Waals surface area contributed by atoms with Crippen LogP contribution in [0.1, 0.15) is 5.82 Å². The second kappa shape index (κ2) is 4.01. The van der Waals surface area contributed by atoms with Crippen molar-refractivity contribution < 1.29 is 0 Å². The Morgan fingerprint density at radius 1 is 1.12 bits per heavy atom. The third kappa shape index (κ3) is 1.87. The summed E-state index contributed by atoms with van der Waals surface area (Å²) >= 11 is 3.44. The van der Waals surface area contributed by atoms with Gasteiger partial charge in [-0.2, -0.15) is 0 Å². The van der Waals surface area contributed by atoms with Gasteiger partial charge in [0, 0.05) is 21.4 Å². The van der Waals surface area contributed by atoms with Crippen LogP contribution in [0.5, 0.6) is 0 Å². The molecule has 3 rings (SSSR count). The first-order chi connectivity index (χ1) is 8.26. The summed E-state index contributed by atoms with van der Waals surface area (Å²) in [6.45, 7) is 0.329. The molecule has 0 saturated carbocycles. The minimum Gasteiger partial charge on any atom is -0.324 e. The SMILES string of the molecule is NCc1ncc2cc3cc(Br)ccc3nc2n1. The molecule has 2 N–H and O–H groups in total. The molecule has 84 valence electrons. The smallest absolute Gasteiger partial charge is 0.163 e. The minimum atomic E-state index is 0.329. The fraction of sp³-hybridized carbons (Fsp3) is 0.0833. The van der Waals surface area contributed by atoms with E-state index in [1.54, 1.807) is 6.20 Å². The molecule has 0 spiro atoms. The molecule has 2 aromatic heterocycles. The Bertz CT molecular complexity index is 711. The number of rotatable bonds is 1. The molecule has 1 aromatic carbocycles. The zero-order chi connectivity index (χ0) is 11.8. The van der Waals surface area contributed by atoms with Crippen molar-refractivity contribution in [1.29, 1.82) is 0 Å². The molecule has 4 nitrogen and oxygen atoms in total. The van der Waals surface area contributed by atoms with Gasteiger partial charge in [-0.3, -0.25) is 0 Å². The fourth-order valence-corrected chi connectivity index (χ4v) is 2.11. The van der Waals surface area contributed by atoms with Crippen molar-refractivity contribution in [2.24, 2.45) is 5.73 Å². The second-order valence-electron chi connectivity index (χ2n) is 3.73. The van der Waals surface area contributed by atoms with E-state index in [0.717, 1.165) is 20.8 Å². The number of fused-ring (bicyclic) bond motifs is 2. The Morgan fingerprint density at radius 3 is 2.82 bits per heavy atom. The standard InChI is InChI=1S/C12H9BrN4/c13-9-1-2-10-7(4-9)3-8-6-15-11(5-14)17-12(8)16-10/h1-4,6H,5,14H2. The molecule has 17 heavy (non-hydrogen) atoms. The van der Waals surface area contributed by atoms with Gasteiger partial charge in [0.25, 0.3) is 0 Å². The monoisotopic (exact) mass is 288 g/mol. The molecular weight excluding hydrogens is 280 g/mol. The number of nitrogens with zero attached hydrogens (tertiary/aromatic N) is 3. The number of hydrogen-bond acceptors (Lipinski definition) is 4. The van der Waals surface area contributed by atoms with Gasteiger partial charge in [-0.25, -0.2) is 15.0 Å². The van der Waals surface area contributed by atoms with E-state index in [1.807, 2.05) is 24.3 Å². The molecular formula is C12H9BrN4. The van der Waals surface area contributed by atoms with Crippen molar-refractivity contribution in [3.05, 3.63) is 40.8 Å². The van der Waals surface area contributed by atoms with Gasteiger partial charge in [-0.1, -0.05) is 15.9 Å². The maximum Gasteiger partial charge on any atom is 0.163 e. The van der Waals surface area contributed by atoms with Gasteiger partial charge in [0.1, 0.15) is 5.82 Å². The van der Waals surface area contributed by atoms with Crippen LogP contribution >= 0.6 is 15.9 Å². The highest BCUT2D eigenvalue weighted by Crippen LogP contribution is 2.21. The Kier molecular flexibility index (Phi) is 2.49. The van der Waals surface area contributed by atoms with Crippen molar-refractivity contribution in [2.75, 3.05) is 0 Å². The lowest BCUT2D eigenvalue weighted by Gasteiger charge is -2.02. The number of hydrogen-bond donors (Lipinski definition) is 1. The normalized spacial score (nSPS) is 11.2. The quantitative estimate of drug-likeness (QED) is 0.699. The lowest BCUT2D eigenvalue weighted by atomic mass is 10.2. The van der Waals surface area contributed by atoms with Gasteiger partial charge in [-0.15, -0.1) is 0 Å². The van der Waals surface area contributed by atoms with Crippen LogP contribution in [0.4, 0.5) is 0 Å². The van der Waals surface area contributed by atoms with Gasteiger partial charge in [0.05, 0.1) is 12.1 Å². The average Bonchev–Trinajstić information content (AvgIpc) is 2.35. The molecule has 0 aliphatic rings. The summed E-state index contributed by atoms with van der Waals surface area (Å²) in [5.41, 5.74) is 7.12. The first kappa shape index (κ1) is 10.6. The summed E-state index contributed by atoms with van der Waals surface area (Å²) in [5.74, 6) is 0.612. The molecule has 0 saturated heterocycles. The molecule has 5 heteroatoms. The number of nitrogens with two attached hydrogens (primary N) is 1. The van der Waals surface area contributed by atoms with Crippen molar-refractivity contribution in [3.63, 3.8) is 0 Å². The van der Waals surface area contributed by atoms with Gasteiger partial charge in [0.2, 0.25) is 0 Å². The first-order valence-electron chi connectivity index (χ1n) is 5.18. The summed E-state index contributed by atoms with van der Waals surface area (Å²) < 4.78 is 1.03. The van der Waals surface area contributed by atoms with Gasteiger partial charge in [0.15, 0.2) is 5.65 Å². The highest BCUT2D eigenvalue weighted by atomic mass is 79.9. The van der Waals surface area contributed by atoms with Crippen LogP contribution in [0, 0.1) is 0 Å². The Morgan fingerprint density at radius 2 is 2.00 bits per heavy atom. The van der Waals surface area contributed by atoms with Crippen LogP contribution in [0.25, 0.3) is 21.9 Å². The van der Waals surface area contributed by atoms with Crippen LogP contribution in [-0.2, 0) is 6.54 Å². The van der Waals surface area contributed by atoms with Crippen LogP contribution < -0.4 is 5.73 Å². The predicted octanol–water partition coefficient (Wildman–Crippen LogP) is 2.40. The molecule has 3 aromatic rings. The van der Waals surface area contributed by atoms with E-state index in [2.05, 4.69) is 30.9 Å². The van der Waals surface area contributed by atoms with E-state index in [0.29, 0.717) is 18.0 Å². The topological polar surface area (TPSA) is 64.7 Å². The van der Waals surface area contributed by atoms with Crippen LogP contribution in [0.15, 0.2) is 34.9 Å². The van der Waals surface area contributed by atoms with Gasteiger partial charge in [-0.05, 0) is 24.3 Å². The fourth-order valence-electron chi connectivity index (χ4n) is 1.73. The van der Waals surface area contributed by atoms with Gasteiger partial charge < -0.3 is 5.73 Å². The Hall–Kier alpha value is -1.59. The maximum atomic E-state index is 5.51. The molecule has 0 radical (unpaired) electrons. The lowest BCUT2D eigenvalue weighted by molar-refractivity contribution is 0.922. The minimum absolute atomic E-state index is 0.329. The van der Waals surface area contributed by atoms with Crippen molar-refractivity contribution in [2.45, 2.75) is 6.54 Å². The molecule has 0 aliphatic heterocycles. The lowest BCUT2D eigenvalue weighted by Crippen LogP contribution is -2.03. The summed E-state index contributed by atoms with van der Waals surface area (Å²) in [5, 5.41) is 1.99. The van der Waals surface area contributed by atoms with E-state index < -0.39 is 0 Å². The van der Waals surface area contributed by atoms with Crippen LogP contribution in [0.3, 0.4) is 0 Å². The largest absolute Gasteiger partial charge is 0.324 e. The molecule has 0 fully saturated rings. The Balaban J connectivity index is 2.35. The van der Waals surface area contributed by atoms with E-state index in [4.69, 9.17) is 5.73 Å². The van der Waals surface area contributed by atoms with E-state index in [1.165, 1.54) is 0 Å². The molecule has 0 aliphatic carbocycles. The van der Waals surface area contributed by atoms with Crippen LogP contribution in [-0.4, -0.2) is 15.0 Å². The molecule has 0 atom stereocenters. The van der Waals surface area contributed by atoms with Crippen molar-refractivity contribution >= 4 is 37.9 Å². The second-order valence-corrected chi connectivity index (χ2v) is 4.64. The van der Waals surface area contributed by atoms with Crippen LogP contribution in [0.2, 0.25) is 0 Å². The molecule has 2 heterocycles. The molecule has 0 bridgehead atoms. The van der Waals surface area contributed by atoms with E-state index >= 15 is 0 Å². The molecule has 0 unspecified atom stereocenters. The molecule has 0 amide bonds. The first-order valence-corrected chi connectivity index (χ1v) is 5.97. The third-order valence-corrected chi connectivity index (χ3v) is 3.05. The summed E-state index contributed by atoms with van der Waals surface area (Å²) in [4.78, 5) is 13.0. The number of pyridine rings is 1.